The van der Waals surface area contributed by atoms with Crippen LogP contribution in [0, 0.1) is 0 Å². The molecule has 1 nitrogen and oxygen atoms in total. The third kappa shape index (κ3) is 4.34. The van der Waals surface area contributed by atoms with Gasteiger partial charge in [0.2, 0.25) is 0 Å². The Hall–Kier alpha value is -0.470. The molecule has 0 saturated heterocycles. The highest BCUT2D eigenvalue weighted by molar-refractivity contribution is 7.80. The summed E-state index contributed by atoms with van der Waals surface area (Å²) in [4.78, 5) is 0.979. The van der Waals surface area contributed by atoms with Crippen molar-refractivity contribution < 1.29 is 5.11 Å². The van der Waals surface area contributed by atoms with Crippen LogP contribution in [0.5, 0.6) is 0 Å². The molecule has 0 aliphatic carbocycles. The number of benzene rings is 1. The third-order valence-corrected chi connectivity index (χ3v) is 2.26. The minimum Gasteiger partial charge on any atom is -0.390 e. The molecule has 0 aliphatic heterocycles. The Kier molecular flexibility index (Phi) is 3.40. The second-order valence-electron chi connectivity index (χ2n) is 3.98. The first-order valence-corrected chi connectivity index (χ1v) is 4.92. The van der Waals surface area contributed by atoms with Crippen molar-refractivity contribution in [2.24, 2.45) is 0 Å². The molecule has 0 spiro atoms. The lowest BCUT2D eigenvalue weighted by Crippen LogP contribution is -2.19. The summed E-state index contributed by atoms with van der Waals surface area (Å²) in [5.74, 6) is 0. The zero-order valence-electron chi connectivity index (χ0n) is 8.12. The molecule has 1 rings (SSSR count). The van der Waals surface area contributed by atoms with Crippen molar-refractivity contribution >= 4 is 12.6 Å². The fourth-order valence-electron chi connectivity index (χ4n) is 1.11. The number of aliphatic hydroxyl groups is 1. The first-order chi connectivity index (χ1) is 5.97. The van der Waals surface area contributed by atoms with E-state index in [0.717, 1.165) is 17.7 Å². The number of hydrogen-bond donors (Lipinski definition) is 2. The summed E-state index contributed by atoms with van der Waals surface area (Å²) in [6.07, 6.45) is 1.70. The summed E-state index contributed by atoms with van der Waals surface area (Å²) < 4.78 is 0. The summed E-state index contributed by atoms with van der Waals surface area (Å²) in [6, 6.07) is 8.05. The van der Waals surface area contributed by atoms with Crippen molar-refractivity contribution in [1.82, 2.24) is 0 Å². The molecule has 0 aliphatic rings. The van der Waals surface area contributed by atoms with Gasteiger partial charge in [-0.2, -0.15) is 0 Å². The molecule has 0 aromatic heterocycles. The molecule has 1 aromatic carbocycles. The lowest BCUT2D eigenvalue weighted by atomic mass is 9.99. The maximum absolute atomic E-state index is 9.52. The average Bonchev–Trinajstić information content (AvgIpc) is 2.02. The third-order valence-electron chi connectivity index (χ3n) is 1.96. The van der Waals surface area contributed by atoms with Crippen molar-refractivity contribution in [3.05, 3.63) is 29.8 Å². The summed E-state index contributed by atoms with van der Waals surface area (Å²) in [7, 11) is 0. The van der Waals surface area contributed by atoms with Gasteiger partial charge in [-0.3, -0.25) is 0 Å². The Balaban J connectivity index is 2.51. The molecule has 0 saturated carbocycles. The summed E-state index contributed by atoms with van der Waals surface area (Å²) in [5, 5.41) is 9.52. The van der Waals surface area contributed by atoms with Gasteiger partial charge in [0, 0.05) is 4.90 Å². The van der Waals surface area contributed by atoms with Crippen LogP contribution < -0.4 is 0 Å². The normalized spacial score (nSPS) is 11.7. The van der Waals surface area contributed by atoms with E-state index >= 15 is 0 Å². The minimum absolute atomic E-state index is 0.570. The van der Waals surface area contributed by atoms with Crippen molar-refractivity contribution in [3.63, 3.8) is 0 Å². The number of hydrogen-bond acceptors (Lipinski definition) is 2. The Labute approximate surface area is 85.2 Å². The molecule has 0 bridgehead atoms. The molecule has 1 N–H and O–H groups in total. The topological polar surface area (TPSA) is 20.2 Å². The summed E-state index contributed by atoms with van der Waals surface area (Å²) >= 11 is 4.21. The molecule has 2 heteroatoms. The fourth-order valence-corrected chi connectivity index (χ4v) is 1.26. The van der Waals surface area contributed by atoms with Crippen molar-refractivity contribution in [2.45, 2.75) is 37.2 Å². The van der Waals surface area contributed by atoms with Crippen molar-refractivity contribution in [1.29, 1.82) is 0 Å². The average molecular weight is 196 g/mol. The van der Waals surface area contributed by atoms with Crippen LogP contribution in [0.1, 0.15) is 25.8 Å². The fraction of sp³-hybridized carbons (Fsp3) is 0.455. The highest BCUT2D eigenvalue weighted by Gasteiger charge is 2.11. The highest BCUT2D eigenvalue weighted by atomic mass is 32.1. The van der Waals surface area contributed by atoms with Crippen molar-refractivity contribution in [2.75, 3.05) is 0 Å². The number of thiol groups is 1. The van der Waals surface area contributed by atoms with Crippen LogP contribution in [0.3, 0.4) is 0 Å². The molecule has 0 atom stereocenters. The smallest absolute Gasteiger partial charge is 0.0594 e. The van der Waals surface area contributed by atoms with E-state index in [9.17, 15) is 5.11 Å². The molecular formula is C11H16OS. The van der Waals surface area contributed by atoms with Gasteiger partial charge in [0.15, 0.2) is 0 Å². The van der Waals surface area contributed by atoms with Gasteiger partial charge in [0.1, 0.15) is 0 Å². The summed E-state index contributed by atoms with van der Waals surface area (Å²) in [5.41, 5.74) is 0.680. The monoisotopic (exact) mass is 196 g/mol. The first-order valence-electron chi connectivity index (χ1n) is 4.48. The van der Waals surface area contributed by atoms with E-state index in [1.54, 1.807) is 0 Å². The largest absolute Gasteiger partial charge is 0.390 e. The molecule has 0 unspecified atom stereocenters. The Bertz CT molecular complexity index is 258. The maximum atomic E-state index is 9.52. The van der Waals surface area contributed by atoms with Gasteiger partial charge < -0.3 is 5.11 Å². The Morgan fingerprint density at radius 3 is 2.23 bits per heavy atom. The van der Waals surface area contributed by atoms with Gasteiger partial charge in [-0.05, 0) is 44.4 Å². The van der Waals surface area contributed by atoms with E-state index in [4.69, 9.17) is 0 Å². The number of aryl methyl sites for hydroxylation is 1. The van der Waals surface area contributed by atoms with E-state index in [2.05, 4.69) is 12.6 Å². The zero-order valence-corrected chi connectivity index (χ0v) is 9.01. The molecule has 0 heterocycles. The SMILES string of the molecule is CC(C)(O)CCc1ccc(S)cc1. The van der Waals surface area contributed by atoms with Crippen LogP contribution >= 0.6 is 12.6 Å². The van der Waals surface area contributed by atoms with Gasteiger partial charge >= 0.3 is 0 Å². The lowest BCUT2D eigenvalue weighted by molar-refractivity contribution is 0.0714. The number of rotatable bonds is 3. The lowest BCUT2D eigenvalue weighted by Gasteiger charge is -2.16. The zero-order chi connectivity index (χ0) is 9.90. The van der Waals surface area contributed by atoms with Crippen LogP contribution in [0.25, 0.3) is 0 Å². The molecule has 1 aromatic rings. The van der Waals surface area contributed by atoms with Crippen LogP contribution in [0.2, 0.25) is 0 Å². The standard InChI is InChI=1S/C11H16OS/c1-11(2,12)8-7-9-3-5-10(13)6-4-9/h3-6,12-13H,7-8H2,1-2H3. The predicted octanol–water partition coefficient (Wildman–Crippen LogP) is 2.68. The quantitative estimate of drug-likeness (QED) is 0.712. The second-order valence-corrected chi connectivity index (χ2v) is 4.50. The summed E-state index contributed by atoms with van der Waals surface area (Å²) in [6.45, 7) is 3.67. The van der Waals surface area contributed by atoms with E-state index in [-0.39, 0.29) is 0 Å². The predicted molar refractivity (Wildman–Crippen MR) is 58.3 cm³/mol. The Morgan fingerprint density at radius 1 is 1.23 bits per heavy atom. The molecule has 0 amide bonds. The molecule has 0 radical (unpaired) electrons. The van der Waals surface area contributed by atoms with Crippen LogP contribution in [0.4, 0.5) is 0 Å². The maximum Gasteiger partial charge on any atom is 0.0594 e. The molecule has 13 heavy (non-hydrogen) atoms. The van der Waals surface area contributed by atoms with Gasteiger partial charge in [0.05, 0.1) is 5.60 Å². The van der Waals surface area contributed by atoms with Gasteiger partial charge in [-0.1, -0.05) is 12.1 Å². The molecular weight excluding hydrogens is 180 g/mol. The van der Waals surface area contributed by atoms with E-state index in [1.807, 2.05) is 38.1 Å². The van der Waals surface area contributed by atoms with Gasteiger partial charge in [0.25, 0.3) is 0 Å². The van der Waals surface area contributed by atoms with Crippen molar-refractivity contribution in [3.8, 4) is 0 Å². The van der Waals surface area contributed by atoms with Crippen LogP contribution in [-0.4, -0.2) is 10.7 Å². The second kappa shape index (κ2) is 4.16. The Morgan fingerprint density at radius 2 is 1.77 bits per heavy atom. The van der Waals surface area contributed by atoms with Crippen LogP contribution in [-0.2, 0) is 6.42 Å². The van der Waals surface area contributed by atoms with Gasteiger partial charge in [-0.25, -0.2) is 0 Å². The van der Waals surface area contributed by atoms with E-state index in [0.29, 0.717) is 0 Å². The van der Waals surface area contributed by atoms with E-state index in [1.165, 1.54) is 5.56 Å². The van der Waals surface area contributed by atoms with E-state index < -0.39 is 5.60 Å². The first kappa shape index (κ1) is 10.6. The molecule has 0 fully saturated rings. The highest BCUT2D eigenvalue weighted by Crippen LogP contribution is 2.14. The molecule has 72 valence electrons. The minimum atomic E-state index is -0.570. The van der Waals surface area contributed by atoms with Gasteiger partial charge in [-0.15, -0.1) is 12.6 Å². The van der Waals surface area contributed by atoms with Crippen LogP contribution in [0.15, 0.2) is 29.2 Å².